The van der Waals surface area contributed by atoms with Gasteiger partial charge in [-0.25, -0.2) is 4.79 Å². The summed E-state index contributed by atoms with van der Waals surface area (Å²) in [6, 6.07) is 9.03. The van der Waals surface area contributed by atoms with Crippen LogP contribution in [0.5, 0.6) is 5.75 Å². The Bertz CT molecular complexity index is 453. The fraction of sp³-hybridized carbons (Fsp3) is 0.333. The summed E-state index contributed by atoms with van der Waals surface area (Å²) in [5, 5.41) is 11.3. The van der Waals surface area contributed by atoms with Crippen molar-refractivity contribution in [3.05, 3.63) is 24.3 Å². The molecule has 0 unspecified atom stereocenters. The molecular formula is C12H13N3O2. The van der Waals surface area contributed by atoms with Crippen LogP contribution >= 0.6 is 0 Å². The van der Waals surface area contributed by atoms with Crippen LogP contribution in [0.2, 0.25) is 0 Å². The Hall–Kier alpha value is -2.22. The Morgan fingerprint density at radius 3 is 3.06 bits per heavy atom. The van der Waals surface area contributed by atoms with Crippen LogP contribution in [0.15, 0.2) is 24.3 Å². The molecule has 0 aromatic heterocycles. The van der Waals surface area contributed by atoms with Crippen molar-refractivity contribution in [2.45, 2.75) is 6.42 Å². The zero-order valence-electron chi connectivity index (χ0n) is 9.35. The first-order valence-corrected chi connectivity index (χ1v) is 5.47. The quantitative estimate of drug-likeness (QED) is 0.857. The maximum absolute atomic E-state index is 11.7. The van der Waals surface area contributed by atoms with Gasteiger partial charge in [0.15, 0.2) is 6.61 Å². The SMILES string of the molecule is N#CCOc1ccccc1N1CCCNC1=O. The van der Waals surface area contributed by atoms with Gasteiger partial charge in [-0.05, 0) is 18.6 Å². The Labute approximate surface area is 99.6 Å². The number of nitrogens with one attached hydrogen (secondary N) is 1. The number of rotatable bonds is 3. The van der Waals surface area contributed by atoms with E-state index in [9.17, 15) is 4.79 Å². The largest absolute Gasteiger partial charge is 0.477 e. The molecule has 0 bridgehead atoms. The van der Waals surface area contributed by atoms with Gasteiger partial charge < -0.3 is 10.1 Å². The minimum Gasteiger partial charge on any atom is -0.477 e. The van der Waals surface area contributed by atoms with E-state index < -0.39 is 0 Å². The summed E-state index contributed by atoms with van der Waals surface area (Å²) in [7, 11) is 0. The zero-order chi connectivity index (χ0) is 12.1. The number of hydrogen-bond donors (Lipinski definition) is 1. The summed E-state index contributed by atoms with van der Waals surface area (Å²) in [6.45, 7) is 1.35. The van der Waals surface area contributed by atoms with Gasteiger partial charge in [0.2, 0.25) is 0 Å². The molecule has 1 aliphatic rings. The fourth-order valence-corrected chi connectivity index (χ4v) is 1.77. The van der Waals surface area contributed by atoms with Crippen molar-refractivity contribution in [3.63, 3.8) is 0 Å². The van der Waals surface area contributed by atoms with E-state index in [0.29, 0.717) is 24.5 Å². The van der Waals surface area contributed by atoms with Crippen LogP contribution in [0.25, 0.3) is 0 Å². The van der Waals surface area contributed by atoms with Crippen molar-refractivity contribution in [1.82, 2.24) is 5.32 Å². The van der Waals surface area contributed by atoms with Crippen molar-refractivity contribution in [2.24, 2.45) is 0 Å². The van der Waals surface area contributed by atoms with E-state index in [-0.39, 0.29) is 12.6 Å². The number of ether oxygens (including phenoxy) is 1. The molecule has 5 nitrogen and oxygen atoms in total. The van der Waals surface area contributed by atoms with E-state index >= 15 is 0 Å². The minimum atomic E-state index is -0.121. The normalized spacial score (nSPS) is 15.0. The van der Waals surface area contributed by atoms with Gasteiger partial charge in [-0.2, -0.15) is 5.26 Å². The molecule has 2 amide bonds. The Kier molecular flexibility index (Phi) is 3.46. The van der Waals surface area contributed by atoms with Gasteiger partial charge in [0.1, 0.15) is 11.8 Å². The molecule has 1 aromatic carbocycles. The Balaban J connectivity index is 2.24. The van der Waals surface area contributed by atoms with Crippen LogP contribution in [0.3, 0.4) is 0 Å². The van der Waals surface area contributed by atoms with Gasteiger partial charge >= 0.3 is 6.03 Å². The van der Waals surface area contributed by atoms with Crippen molar-refractivity contribution < 1.29 is 9.53 Å². The number of nitrogens with zero attached hydrogens (tertiary/aromatic N) is 2. The van der Waals surface area contributed by atoms with Gasteiger partial charge in [-0.15, -0.1) is 0 Å². The van der Waals surface area contributed by atoms with Crippen LogP contribution in [0, 0.1) is 11.3 Å². The lowest BCUT2D eigenvalue weighted by molar-refractivity contribution is 0.242. The number of anilines is 1. The molecule has 17 heavy (non-hydrogen) atoms. The Morgan fingerprint density at radius 1 is 1.47 bits per heavy atom. The van der Waals surface area contributed by atoms with E-state index in [4.69, 9.17) is 10.00 Å². The third-order valence-electron chi connectivity index (χ3n) is 2.53. The summed E-state index contributed by atoms with van der Waals surface area (Å²) in [6.07, 6.45) is 0.901. The minimum absolute atomic E-state index is 0.0214. The highest BCUT2D eigenvalue weighted by Gasteiger charge is 2.21. The lowest BCUT2D eigenvalue weighted by Gasteiger charge is -2.28. The molecule has 1 saturated heterocycles. The van der Waals surface area contributed by atoms with E-state index in [1.54, 1.807) is 11.0 Å². The second kappa shape index (κ2) is 5.21. The molecule has 5 heteroatoms. The molecule has 1 N–H and O–H groups in total. The summed E-state index contributed by atoms with van der Waals surface area (Å²) in [5.74, 6) is 0.561. The molecule has 1 aromatic rings. The molecule has 1 fully saturated rings. The fourth-order valence-electron chi connectivity index (χ4n) is 1.77. The molecular weight excluding hydrogens is 218 g/mol. The van der Waals surface area contributed by atoms with Crippen LogP contribution in [-0.4, -0.2) is 25.7 Å². The van der Waals surface area contributed by atoms with Crippen molar-refractivity contribution in [2.75, 3.05) is 24.6 Å². The van der Waals surface area contributed by atoms with E-state index in [2.05, 4.69) is 5.32 Å². The van der Waals surface area contributed by atoms with Crippen molar-refractivity contribution >= 4 is 11.7 Å². The maximum atomic E-state index is 11.7. The van der Waals surface area contributed by atoms with Crippen LogP contribution < -0.4 is 15.0 Å². The number of amides is 2. The summed E-state index contributed by atoms with van der Waals surface area (Å²) < 4.78 is 5.31. The molecule has 0 spiro atoms. The van der Waals surface area contributed by atoms with Crippen molar-refractivity contribution in [1.29, 1.82) is 5.26 Å². The first kappa shape index (κ1) is 11.3. The second-order valence-electron chi connectivity index (χ2n) is 3.65. The smallest absolute Gasteiger partial charge is 0.321 e. The molecule has 88 valence electrons. The summed E-state index contributed by atoms with van der Waals surface area (Å²) in [5.41, 5.74) is 0.708. The number of carbonyl (C=O) groups is 1. The topological polar surface area (TPSA) is 65.4 Å². The third-order valence-corrected chi connectivity index (χ3v) is 2.53. The number of para-hydroxylation sites is 2. The predicted molar refractivity (Wildman–Crippen MR) is 62.9 cm³/mol. The lowest BCUT2D eigenvalue weighted by atomic mass is 10.2. The standard InChI is InChI=1S/C12H13N3O2/c13-6-9-17-11-5-2-1-4-10(11)15-8-3-7-14-12(15)16/h1-2,4-5H,3,7-9H2,(H,14,16). The number of urea groups is 1. The number of benzene rings is 1. The molecule has 0 radical (unpaired) electrons. The van der Waals surface area contributed by atoms with Gasteiger partial charge in [-0.1, -0.05) is 12.1 Å². The molecule has 0 saturated carbocycles. The number of carbonyl (C=O) groups excluding carboxylic acids is 1. The number of nitriles is 1. The van der Waals surface area contributed by atoms with Gasteiger partial charge in [-0.3, -0.25) is 4.90 Å². The van der Waals surface area contributed by atoms with E-state index in [1.165, 1.54) is 0 Å². The molecule has 1 heterocycles. The van der Waals surface area contributed by atoms with Gasteiger partial charge in [0.25, 0.3) is 0 Å². The molecule has 0 aliphatic carbocycles. The third kappa shape index (κ3) is 2.48. The summed E-state index contributed by atoms with van der Waals surface area (Å²) >= 11 is 0. The second-order valence-corrected chi connectivity index (χ2v) is 3.65. The first-order chi connectivity index (χ1) is 8.33. The van der Waals surface area contributed by atoms with Crippen LogP contribution in [-0.2, 0) is 0 Å². The summed E-state index contributed by atoms with van der Waals surface area (Å²) in [4.78, 5) is 13.4. The average Bonchev–Trinajstić information content (AvgIpc) is 2.37. The monoisotopic (exact) mass is 231 g/mol. The van der Waals surface area contributed by atoms with Gasteiger partial charge in [0, 0.05) is 13.1 Å². The average molecular weight is 231 g/mol. The predicted octanol–water partition coefficient (Wildman–Crippen LogP) is 1.51. The lowest BCUT2D eigenvalue weighted by Crippen LogP contribution is -2.46. The maximum Gasteiger partial charge on any atom is 0.321 e. The van der Waals surface area contributed by atoms with Crippen molar-refractivity contribution in [3.8, 4) is 11.8 Å². The molecule has 0 atom stereocenters. The zero-order valence-corrected chi connectivity index (χ0v) is 9.35. The van der Waals surface area contributed by atoms with Gasteiger partial charge in [0.05, 0.1) is 5.69 Å². The highest BCUT2D eigenvalue weighted by atomic mass is 16.5. The van der Waals surface area contributed by atoms with Crippen LogP contribution in [0.1, 0.15) is 6.42 Å². The van der Waals surface area contributed by atoms with E-state index in [1.807, 2.05) is 24.3 Å². The van der Waals surface area contributed by atoms with Crippen LogP contribution in [0.4, 0.5) is 10.5 Å². The highest BCUT2D eigenvalue weighted by molar-refractivity contribution is 5.94. The number of hydrogen-bond acceptors (Lipinski definition) is 3. The highest BCUT2D eigenvalue weighted by Crippen LogP contribution is 2.28. The molecule has 1 aliphatic heterocycles. The first-order valence-electron chi connectivity index (χ1n) is 5.47. The molecule has 2 rings (SSSR count). The Morgan fingerprint density at radius 2 is 2.29 bits per heavy atom. The van der Waals surface area contributed by atoms with E-state index in [0.717, 1.165) is 6.42 Å².